The van der Waals surface area contributed by atoms with Crippen LogP contribution >= 0.6 is 0 Å². The molecule has 0 aliphatic heterocycles. The molecule has 5 nitrogen and oxygen atoms in total. The number of ether oxygens (including phenoxy) is 2. The molecular formula is C12H16N2O3. The molecular weight excluding hydrogens is 220 g/mol. The molecule has 0 aromatic heterocycles. The minimum atomic E-state index is -0.161. The SMILES string of the molecule is COc1cc(N)c(C(=O)NC2CC2)cc1OC. The molecule has 0 bridgehead atoms. The lowest BCUT2D eigenvalue weighted by molar-refractivity contribution is 0.0951. The molecule has 0 spiro atoms. The average Bonchev–Trinajstić information content (AvgIpc) is 3.12. The second-order valence-corrected chi connectivity index (χ2v) is 4.04. The van der Waals surface area contributed by atoms with Crippen LogP contribution in [-0.4, -0.2) is 26.2 Å². The maximum Gasteiger partial charge on any atom is 0.253 e. The van der Waals surface area contributed by atoms with Gasteiger partial charge in [-0.25, -0.2) is 0 Å². The van der Waals surface area contributed by atoms with Gasteiger partial charge in [-0.3, -0.25) is 4.79 Å². The van der Waals surface area contributed by atoms with Gasteiger partial charge in [0.1, 0.15) is 0 Å². The second-order valence-electron chi connectivity index (χ2n) is 4.04. The summed E-state index contributed by atoms with van der Waals surface area (Å²) in [6.45, 7) is 0. The Morgan fingerprint density at radius 3 is 2.41 bits per heavy atom. The largest absolute Gasteiger partial charge is 0.493 e. The fraction of sp³-hybridized carbons (Fsp3) is 0.417. The number of benzene rings is 1. The first-order chi connectivity index (χ1) is 8.15. The van der Waals surface area contributed by atoms with Gasteiger partial charge in [-0.15, -0.1) is 0 Å². The molecule has 0 radical (unpaired) electrons. The number of hydrogen-bond donors (Lipinski definition) is 2. The number of carbonyl (C=O) groups excluding carboxylic acids is 1. The number of amides is 1. The van der Waals surface area contributed by atoms with E-state index in [9.17, 15) is 4.79 Å². The van der Waals surface area contributed by atoms with Crippen molar-refractivity contribution in [3.63, 3.8) is 0 Å². The molecule has 92 valence electrons. The number of carbonyl (C=O) groups is 1. The molecule has 3 N–H and O–H groups in total. The van der Waals surface area contributed by atoms with Gasteiger partial charge >= 0.3 is 0 Å². The Bertz CT molecular complexity index is 442. The van der Waals surface area contributed by atoms with E-state index in [4.69, 9.17) is 15.2 Å². The van der Waals surface area contributed by atoms with Gasteiger partial charge in [0, 0.05) is 17.8 Å². The predicted octanol–water partition coefficient (Wildman–Crippen LogP) is 1.18. The fourth-order valence-corrected chi connectivity index (χ4v) is 1.58. The lowest BCUT2D eigenvalue weighted by Gasteiger charge is -2.12. The topological polar surface area (TPSA) is 73.6 Å². The maximum absolute atomic E-state index is 11.9. The van der Waals surface area contributed by atoms with Crippen LogP contribution in [0.5, 0.6) is 11.5 Å². The Balaban J connectivity index is 2.28. The van der Waals surface area contributed by atoms with Crippen LogP contribution in [0.1, 0.15) is 23.2 Å². The quantitative estimate of drug-likeness (QED) is 0.770. The van der Waals surface area contributed by atoms with Crippen LogP contribution in [0.15, 0.2) is 12.1 Å². The van der Waals surface area contributed by atoms with E-state index in [2.05, 4.69) is 5.32 Å². The molecule has 0 saturated heterocycles. The molecule has 0 unspecified atom stereocenters. The Kier molecular flexibility index (Phi) is 3.08. The fourth-order valence-electron chi connectivity index (χ4n) is 1.58. The van der Waals surface area contributed by atoms with Gasteiger partial charge in [-0.1, -0.05) is 0 Å². The number of rotatable bonds is 4. The van der Waals surface area contributed by atoms with Crippen molar-refractivity contribution in [2.24, 2.45) is 0 Å². The van der Waals surface area contributed by atoms with Gasteiger partial charge in [-0.2, -0.15) is 0 Å². The third-order valence-corrected chi connectivity index (χ3v) is 2.71. The van der Waals surface area contributed by atoms with E-state index in [0.717, 1.165) is 12.8 Å². The molecule has 1 aliphatic carbocycles. The first-order valence-corrected chi connectivity index (χ1v) is 5.48. The molecule has 17 heavy (non-hydrogen) atoms. The predicted molar refractivity (Wildman–Crippen MR) is 64.4 cm³/mol. The number of anilines is 1. The van der Waals surface area contributed by atoms with E-state index in [-0.39, 0.29) is 5.91 Å². The molecule has 1 saturated carbocycles. The standard InChI is InChI=1S/C12H16N2O3/c1-16-10-5-8(9(13)6-11(10)17-2)12(15)14-7-3-4-7/h5-7H,3-4,13H2,1-2H3,(H,14,15). The van der Waals surface area contributed by atoms with Crippen molar-refractivity contribution in [2.75, 3.05) is 20.0 Å². The second kappa shape index (κ2) is 4.53. The summed E-state index contributed by atoms with van der Waals surface area (Å²) in [4.78, 5) is 11.9. The number of nitrogens with one attached hydrogen (secondary N) is 1. The zero-order valence-electron chi connectivity index (χ0n) is 9.95. The molecule has 0 heterocycles. The molecule has 1 aromatic carbocycles. The van der Waals surface area contributed by atoms with Crippen molar-refractivity contribution < 1.29 is 14.3 Å². The molecule has 1 aromatic rings. The molecule has 2 rings (SSSR count). The Hall–Kier alpha value is -1.91. The zero-order chi connectivity index (χ0) is 12.4. The molecule has 0 atom stereocenters. The van der Waals surface area contributed by atoms with Gasteiger partial charge in [0.2, 0.25) is 0 Å². The van der Waals surface area contributed by atoms with E-state index in [1.54, 1.807) is 12.1 Å². The summed E-state index contributed by atoms with van der Waals surface area (Å²) in [5, 5.41) is 2.88. The van der Waals surface area contributed by atoms with Gasteiger partial charge in [-0.05, 0) is 18.9 Å². The molecule has 1 aliphatic rings. The zero-order valence-corrected chi connectivity index (χ0v) is 9.95. The monoisotopic (exact) mass is 236 g/mol. The van der Waals surface area contributed by atoms with Gasteiger partial charge in [0.15, 0.2) is 11.5 Å². The van der Waals surface area contributed by atoms with Crippen molar-refractivity contribution >= 4 is 11.6 Å². The van der Waals surface area contributed by atoms with Gasteiger partial charge in [0.25, 0.3) is 5.91 Å². The first kappa shape index (κ1) is 11.6. The summed E-state index contributed by atoms with van der Waals surface area (Å²) in [7, 11) is 3.05. The van der Waals surface area contributed by atoms with E-state index < -0.39 is 0 Å². The van der Waals surface area contributed by atoms with Crippen molar-refractivity contribution in [1.29, 1.82) is 0 Å². The Morgan fingerprint density at radius 2 is 1.88 bits per heavy atom. The molecule has 5 heteroatoms. The van der Waals surface area contributed by atoms with Crippen molar-refractivity contribution in [2.45, 2.75) is 18.9 Å². The first-order valence-electron chi connectivity index (χ1n) is 5.48. The molecule has 1 fully saturated rings. The third kappa shape index (κ3) is 2.43. The summed E-state index contributed by atoms with van der Waals surface area (Å²) in [6, 6.07) is 3.50. The van der Waals surface area contributed by atoms with Crippen LogP contribution in [0.3, 0.4) is 0 Å². The van der Waals surface area contributed by atoms with E-state index in [0.29, 0.717) is 28.8 Å². The van der Waals surface area contributed by atoms with Crippen LogP contribution in [-0.2, 0) is 0 Å². The lowest BCUT2D eigenvalue weighted by Crippen LogP contribution is -2.26. The van der Waals surface area contributed by atoms with Gasteiger partial charge < -0.3 is 20.5 Å². The minimum absolute atomic E-state index is 0.161. The highest BCUT2D eigenvalue weighted by Crippen LogP contribution is 2.32. The van der Waals surface area contributed by atoms with Crippen LogP contribution in [0.4, 0.5) is 5.69 Å². The summed E-state index contributed by atoms with van der Waals surface area (Å²) >= 11 is 0. The summed E-state index contributed by atoms with van der Waals surface area (Å²) in [5.74, 6) is 0.863. The number of nitrogen functional groups attached to an aromatic ring is 1. The van der Waals surface area contributed by atoms with Crippen LogP contribution in [0.2, 0.25) is 0 Å². The van der Waals surface area contributed by atoms with Crippen molar-refractivity contribution in [3.8, 4) is 11.5 Å². The Morgan fingerprint density at radius 1 is 1.29 bits per heavy atom. The van der Waals surface area contributed by atoms with E-state index >= 15 is 0 Å². The average molecular weight is 236 g/mol. The highest BCUT2D eigenvalue weighted by atomic mass is 16.5. The minimum Gasteiger partial charge on any atom is -0.493 e. The number of methoxy groups -OCH3 is 2. The highest BCUT2D eigenvalue weighted by molar-refractivity contribution is 6.00. The van der Waals surface area contributed by atoms with Crippen LogP contribution in [0.25, 0.3) is 0 Å². The smallest absolute Gasteiger partial charge is 0.253 e. The summed E-state index contributed by atoms with van der Waals surface area (Å²) in [5.41, 5.74) is 6.64. The maximum atomic E-state index is 11.9. The van der Waals surface area contributed by atoms with E-state index in [1.165, 1.54) is 14.2 Å². The summed E-state index contributed by atoms with van der Waals surface area (Å²) in [6.07, 6.45) is 2.08. The molecule has 1 amide bonds. The highest BCUT2D eigenvalue weighted by Gasteiger charge is 2.25. The normalized spacial score (nSPS) is 14.2. The van der Waals surface area contributed by atoms with Crippen molar-refractivity contribution in [1.82, 2.24) is 5.32 Å². The van der Waals surface area contributed by atoms with E-state index in [1.807, 2.05) is 0 Å². The van der Waals surface area contributed by atoms with Crippen LogP contribution < -0.4 is 20.5 Å². The van der Waals surface area contributed by atoms with Crippen molar-refractivity contribution in [3.05, 3.63) is 17.7 Å². The number of hydrogen-bond acceptors (Lipinski definition) is 4. The van der Waals surface area contributed by atoms with Crippen LogP contribution in [0, 0.1) is 0 Å². The lowest BCUT2D eigenvalue weighted by atomic mass is 10.1. The third-order valence-electron chi connectivity index (χ3n) is 2.71. The Labute approximate surface area is 99.9 Å². The summed E-state index contributed by atoms with van der Waals surface area (Å²) < 4.78 is 10.3. The van der Waals surface area contributed by atoms with Gasteiger partial charge in [0.05, 0.1) is 19.8 Å². The number of nitrogens with two attached hydrogens (primary N) is 1.